The SMILES string of the molecule is CCCN(CCC)Nc1ccccc1. The van der Waals surface area contributed by atoms with E-state index in [0.717, 1.165) is 13.1 Å². The molecule has 0 bridgehead atoms. The number of rotatable bonds is 6. The number of anilines is 1. The predicted molar refractivity (Wildman–Crippen MR) is 62.2 cm³/mol. The average Bonchev–Trinajstić information content (AvgIpc) is 2.20. The van der Waals surface area contributed by atoms with E-state index in [1.165, 1.54) is 18.5 Å². The van der Waals surface area contributed by atoms with Gasteiger partial charge < -0.3 is 5.43 Å². The van der Waals surface area contributed by atoms with Gasteiger partial charge in [-0.2, -0.15) is 0 Å². The largest absolute Gasteiger partial charge is 0.319 e. The van der Waals surface area contributed by atoms with E-state index in [0.29, 0.717) is 0 Å². The van der Waals surface area contributed by atoms with E-state index < -0.39 is 0 Å². The molecule has 78 valence electrons. The van der Waals surface area contributed by atoms with Crippen LogP contribution in [0.2, 0.25) is 0 Å². The molecule has 0 aliphatic rings. The summed E-state index contributed by atoms with van der Waals surface area (Å²) in [5, 5.41) is 2.27. The van der Waals surface area contributed by atoms with Crippen molar-refractivity contribution in [2.75, 3.05) is 18.5 Å². The molecule has 0 aromatic heterocycles. The van der Waals surface area contributed by atoms with Crippen LogP contribution >= 0.6 is 0 Å². The zero-order valence-electron chi connectivity index (χ0n) is 9.16. The lowest BCUT2D eigenvalue weighted by Crippen LogP contribution is -2.31. The Balaban J connectivity index is 2.46. The van der Waals surface area contributed by atoms with Crippen molar-refractivity contribution in [2.24, 2.45) is 0 Å². The lowest BCUT2D eigenvalue weighted by Gasteiger charge is -2.23. The number of para-hydroxylation sites is 1. The Morgan fingerprint density at radius 2 is 1.57 bits per heavy atom. The monoisotopic (exact) mass is 192 g/mol. The minimum atomic E-state index is 1.10. The van der Waals surface area contributed by atoms with Crippen LogP contribution in [-0.4, -0.2) is 18.1 Å². The number of benzene rings is 1. The molecule has 1 aromatic carbocycles. The van der Waals surface area contributed by atoms with Gasteiger partial charge in [0, 0.05) is 18.8 Å². The Hall–Kier alpha value is -1.02. The number of nitrogens with zero attached hydrogens (tertiary/aromatic N) is 1. The number of hydrazine groups is 1. The standard InChI is InChI=1S/C12H20N2/c1-3-10-14(11-4-2)13-12-8-6-5-7-9-12/h5-9,13H,3-4,10-11H2,1-2H3. The van der Waals surface area contributed by atoms with E-state index in [1.807, 2.05) is 6.07 Å². The maximum absolute atomic E-state index is 3.41. The Morgan fingerprint density at radius 3 is 2.07 bits per heavy atom. The second-order valence-corrected chi connectivity index (χ2v) is 3.46. The summed E-state index contributed by atoms with van der Waals surface area (Å²) < 4.78 is 0. The average molecular weight is 192 g/mol. The normalized spacial score (nSPS) is 10.5. The van der Waals surface area contributed by atoms with E-state index in [1.54, 1.807) is 0 Å². The molecule has 0 saturated heterocycles. The lowest BCUT2D eigenvalue weighted by molar-refractivity contribution is 0.330. The molecule has 2 nitrogen and oxygen atoms in total. The first-order valence-corrected chi connectivity index (χ1v) is 5.43. The molecule has 0 heterocycles. The summed E-state index contributed by atoms with van der Waals surface area (Å²) in [5.41, 5.74) is 4.59. The van der Waals surface area contributed by atoms with Gasteiger partial charge in [0.15, 0.2) is 0 Å². The second-order valence-electron chi connectivity index (χ2n) is 3.46. The minimum Gasteiger partial charge on any atom is -0.319 e. The van der Waals surface area contributed by atoms with Gasteiger partial charge in [0.25, 0.3) is 0 Å². The van der Waals surface area contributed by atoms with Crippen LogP contribution in [0.25, 0.3) is 0 Å². The molecule has 0 spiro atoms. The molecule has 0 fully saturated rings. The van der Waals surface area contributed by atoms with E-state index in [4.69, 9.17) is 0 Å². The van der Waals surface area contributed by atoms with Crippen LogP contribution < -0.4 is 5.43 Å². The highest BCUT2D eigenvalue weighted by Crippen LogP contribution is 2.07. The lowest BCUT2D eigenvalue weighted by atomic mass is 10.3. The van der Waals surface area contributed by atoms with Crippen molar-refractivity contribution in [3.63, 3.8) is 0 Å². The van der Waals surface area contributed by atoms with Gasteiger partial charge >= 0.3 is 0 Å². The molecule has 0 unspecified atom stereocenters. The van der Waals surface area contributed by atoms with Crippen LogP contribution in [0.3, 0.4) is 0 Å². The van der Waals surface area contributed by atoms with Gasteiger partial charge in [-0.3, -0.25) is 0 Å². The Bertz CT molecular complexity index is 227. The zero-order valence-corrected chi connectivity index (χ0v) is 9.16. The summed E-state index contributed by atoms with van der Waals surface area (Å²) >= 11 is 0. The summed E-state index contributed by atoms with van der Waals surface area (Å²) in [6.07, 6.45) is 2.36. The van der Waals surface area contributed by atoms with Crippen molar-refractivity contribution < 1.29 is 0 Å². The second kappa shape index (κ2) is 6.44. The van der Waals surface area contributed by atoms with Crippen LogP contribution in [0.15, 0.2) is 30.3 Å². The first kappa shape index (κ1) is 11.1. The molecular formula is C12H20N2. The molecule has 14 heavy (non-hydrogen) atoms. The van der Waals surface area contributed by atoms with Gasteiger partial charge in [-0.05, 0) is 25.0 Å². The number of hydrogen-bond acceptors (Lipinski definition) is 2. The topological polar surface area (TPSA) is 15.3 Å². The van der Waals surface area contributed by atoms with E-state index >= 15 is 0 Å². The quantitative estimate of drug-likeness (QED) is 0.697. The Kier molecular flexibility index (Phi) is 5.08. The van der Waals surface area contributed by atoms with Gasteiger partial charge in [0.1, 0.15) is 0 Å². The van der Waals surface area contributed by atoms with Crippen molar-refractivity contribution in [3.05, 3.63) is 30.3 Å². The highest BCUT2D eigenvalue weighted by atomic mass is 15.5. The maximum atomic E-state index is 3.41. The van der Waals surface area contributed by atoms with Crippen molar-refractivity contribution in [3.8, 4) is 0 Å². The van der Waals surface area contributed by atoms with Crippen molar-refractivity contribution >= 4 is 5.69 Å². The van der Waals surface area contributed by atoms with Gasteiger partial charge in [-0.15, -0.1) is 0 Å². The van der Waals surface area contributed by atoms with Crippen molar-refractivity contribution in [1.29, 1.82) is 0 Å². The highest BCUT2D eigenvalue weighted by molar-refractivity contribution is 5.41. The fourth-order valence-corrected chi connectivity index (χ4v) is 1.46. The van der Waals surface area contributed by atoms with Crippen LogP contribution in [0.5, 0.6) is 0 Å². The molecule has 0 amide bonds. The summed E-state index contributed by atoms with van der Waals surface area (Å²) in [5.74, 6) is 0. The summed E-state index contributed by atoms with van der Waals surface area (Å²) in [4.78, 5) is 0. The maximum Gasteiger partial charge on any atom is 0.0490 e. The van der Waals surface area contributed by atoms with Crippen LogP contribution in [0.4, 0.5) is 5.69 Å². The first-order valence-electron chi connectivity index (χ1n) is 5.43. The van der Waals surface area contributed by atoms with Gasteiger partial charge in [0.05, 0.1) is 0 Å². The number of nitrogens with one attached hydrogen (secondary N) is 1. The van der Waals surface area contributed by atoms with Crippen LogP contribution in [0, 0.1) is 0 Å². The third-order valence-corrected chi connectivity index (χ3v) is 2.05. The predicted octanol–water partition coefficient (Wildman–Crippen LogP) is 3.14. The molecule has 0 saturated carbocycles. The summed E-state index contributed by atoms with van der Waals surface area (Å²) in [6, 6.07) is 10.3. The summed E-state index contributed by atoms with van der Waals surface area (Å²) in [7, 11) is 0. The third-order valence-electron chi connectivity index (χ3n) is 2.05. The van der Waals surface area contributed by atoms with E-state index in [2.05, 4.69) is 48.5 Å². The molecular weight excluding hydrogens is 172 g/mol. The molecule has 1 N–H and O–H groups in total. The zero-order chi connectivity index (χ0) is 10.2. The Morgan fingerprint density at radius 1 is 1.00 bits per heavy atom. The van der Waals surface area contributed by atoms with Crippen LogP contribution in [0.1, 0.15) is 26.7 Å². The molecule has 1 aromatic rings. The molecule has 0 atom stereocenters. The fourth-order valence-electron chi connectivity index (χ4n) is 1.46. The molecule has 0 aliphatic carbocycles. The smallest absolute Gasteiger partial charge is 0.0490 e. The highest BCUT2D eigenvalue weighted by Gasteiger charge is 2.00. The van der Waals surface area contributed by atoms with Crippen molar-refractivity contribution in [1.82, 2.24) is 5.01 Å². The summed E-state index contributed by atoms with van der Waals surface area (Å²) in [6.45, 7) is 6.61. The number of hydrogen-bond donors (Lipinski definition) is 1. The Labute approximate surface area is 86.9 Å². The molecule has 1 rings (SSSR count). The molecule has 0 radical (unpaired) electrons. The fraction of sp³-hybridized carbons (Fsp3) is 0.500. The first-order chi connectivity index (χ1) is 6.86. The van der Waals surface area contributed by atoms with Gasteiger partial charge in [-0.25, -0.2) is 5.01 Å². The third kappa shape index (κ3) is 3.79. The molecule has 2 heteroatoms. The molecule has 0 aliphatic heterocycles. The van der Waals surface area contributed by atoms with Gasteiger partial charge in [0.2, 0.25) is 0 Å². The van der Waals surface area contributed by atoms with Gasteiger partial charge in [-0.1, -0.05) is 32.0 Å². The van der Waals surface area contributed by atoms with E-state index in [-0.39, 0.29) is 0 Å². The van der Waals surface area contributed by atoms with Crippen LogP contribution in [-0.2, 0) is 0 Å². The minimum absolute atomic E-state index is 1.10. The van der Waals surface area contributed by atoms with Crippen molar-refractivity contribution in [2.45, 2.75) is 26.7 Å². The van der Waals surface area contributed by atoms with E-state index in [9.17, 15) is 0 Å².